The standard InChI is InChI=1S/C15H21N3O2/c1-2-10-6-11(13(19)17-7-10)14(20)18-8-12(16)15(9-18)4-3-5-15/h6-7,12H,2-5,8-9,16H2,1H3,(H,17,19). The molecule has 3 N–H and O–H groups in total. The lowest BCUT2D eigenvalue weighted by molar-refractivity contribution is 0.0725. The average Bonchev–Trinajstić information content (AvgIpc) is 2.76. The summed E-state index contributed by atoms with van der Waals surface area (Å²) >= 11 is 0. The Morgan fingerprint density at radius 2 is 2.30 bits per heavy atom. The molecule has 1 unspecified atom stereocenters. The summed E-state index contributed by atoms with van der Waals surface area (Å²) in [5.74, 6) is -0.180. The summed E-state index contributed by atoms with van der Waals surface area (Å²) in [6.45, 7) is 3.26. The minimum absolute atomic E-state index is 0.0497. The van der Waals surface area contributed by atoms with Crippen molar-refractivity contribution in [2.75, 3.05) is 13.1 Å². The van der Waals surface area contributed by atoms with E-state index in [1.807, 2.05) is 6.92 Å². The smallest absolute Gasteiger partial charge is 0.260 e. The zero-order valence-corrected chi connectivity index (χ0v) is 11.8. The van der Waals surface area contributed by atoms with Gasteiger partial charge in [-0.1, -0.05) is 13.3 Å². The van der Waals surface area contributed by atoms with Gasteiger partial charge in [-0.05, 0) is 30.9 Å². The van der Waals surface area contributed by atoms with Crippen molar-refractivity contribution < 1.29 is 4.79 Å². The number of likely N-dealkylation sites (tertiary alicyclic amines) is 1. The van der Waals surface area contributed by atoms with E-state index < -0.39 is 0 Å². The van der Waals surface area contributed by atoms with Gasteiger partial charge < -0.3 is 15.6 Å². The lowest BCUT2D eigenvalue weighted by Crippen LogP contribution is -2.45. The van der Waals surface area contributed by atoms with E-state index in [-0.39, 0.29) is 28.5 Å². The number of amides is 1. The molecule has 2 aliphatic rings. The Morgan fingerprint density at radius 3 is 2.85 bits per heavy atom. The third-order valence-electron chi connectivity index (χ3n) is 4.95. The Morgan fingerprint density at radius 1 is 1.55 bits per heavy atom. The molecule has 0 bridgehead atoms. The fourth-order valence-electron chi connectivity index (χ4n) is 3.37. The van der Waals surface area contributed by atoms with Crippen LogP contribution in [0.2, 0.25) is 0 Å². The molecule has 1 amide bonds. The molecule has 5 heteroatoms. The van der Waals surface area contributed by atoms with Crippen molar-refractivity contribution in [1.29, 1.82) is 0 Å². The number of hydrogen-bond donors (Lipinski definition) is 2. The van der Waals surface area contributed by atoms with E-state index in [2.05, 4.69) is 4.98 Å². The number of H-pyrrole nitrogens is 1. The number of aryl methyl sites for hydroxylation is 1. The number of nitrogens with two attached hydrogens (primary N) is 1. The van der Waals surface area contributed by atoms with Gasteiger partial charge in [-0.3, -0.25) is 9.59 Å². The minimum atomic E-state index is -0.310. The van der Waals surface area contributed by atoms with Gasteiger partial charge in [0.2, 0.25) is 0 Å². The second-order valence-electron chi connectivity index (χ2n) is 6.11. The van der Waals surface area contributed by atoms with Crippen LogP contribution in [0.1, 0.15) is 42.1 Å². The first-order valence-electron chi connectivity index (χ1n) is 7.32. The third kappa shape index (κ3) is 1.97. The zero-order chi connectivity index (χ0) is 14.3. The van der Waals surface area contributed by atoms with E-state index in [1.165, 1.54) is 6.42 Å². The number of carbonyl (C=O) groups is 1. The highest BCUT2D eigenvalue weighted by Gasteiger charge is 2.50. The van der Waals surface area contributed by atoms with Crippen LogP contribution in [0.5, 0.6) is 0 Å². The fourth-order valence-corrected chi connectivity index (χ4v) is 3.37. The first-order chi connectivity index (χ1) is 9.55. The van der Waals surface area contributed by atoms with Crippen LogP contribution in [0, 0.1) is 5.41 Å². The van der Waals surface area contributed by atoms with Gasteiger partial charge in [0.25, 0.3) is 11.5 Å². The largest absolute Gasteiger partial charge is 0.336 e. The first-order valence-corrected chi connectivity index (χ1v) is 7.32. The molecule has 0 radical (unpaired) electrons. The van der Waals surface area contributed by atoms with E-state index in [4.69, 9.17) is 5.73 Å². The van der Waals surface area contributed by atoms with Crippen molar-refractivity contribution in [3.63, 3.8) is 0 Å². The molecule has 0 aromatic carbocycles. The SMILES string of the molecule is CCc1c[nH]c(=O)c(C(=O)N2CC(N)C3(CCC3)C2)c1. The second kappa shape index (κ2) is 4.74. The van der Waals surface area contributed by atoms with Gasteiger partial charge in [0.15, 0.2) is 0 Å². The molecule has 2 heterocycles. The van der Waals surface area contributed by atoms with E-state index >= 15 is 0 Å². The monoisotopic (exact) mass is 275 g/mol. The van der Waals surface area contributed by atoms with Gasteiger partial charge in [-0.25, -0.2) is 0 Å². The predicted octanol–water partition coefficient (Wildman–Crippen LogP) is 0.891. The van der Waals surface area contributed by atoms with Crippen molar-refractivity contribution >= 4 is 5.91 Å². The first kappa shape index (κ1) is 13.4. The van der Waals surface area contributed by atoms with Crippen LogP contribution in [0.4, 0.5) is 0 Å². The number of nitrogens with one attached hydrogen (secondary N) is 1. The summed E-state index contributed by atoms with van der Waals surface area (Å²) in [5, 5.41) is 0. The summed E-state index contributed by atoms with van der Waals surface area (Å²) < 4.78 is 0. The molecule has 2 fully saturated rings. The number of aromatic nitrogens is 1. The normalized spacial score (nSPS) is 23.9. The summed E-state index contributed by atoms with van der Waals surface area (Å²) in [5.41, 5.74) is 7.21. The summed E-state index contributed by atoms with van der Waals surface area (Å²) in [7, 11) is 0. The highest BCUT2D eigenvalue weighted by molar-refractivity contribution is 5.94. The Bertz CT molecular complexity index is 589. The van der Waals surface area contributed by atoms with Crippen LogP contribution in [0.15, 0.2) is 17.1 Å². The molecule has 1 aliphatic carbocycles. The van der Waals surface area contributed by atoms with E-state index in [9.17, 15) is 9.59 Å². The van der Waals surface area contributed by atoms with Crippen LogP contribution in [-0.4, -0.2) is 34.9 Å². The summed E-state index contributed by atoms with van der Waals surface area (Å²) in [6.07, 6.45) is 5.86. The van der Waals surface area contributed by atoms with Gasteiger partial charge in [0, 0.05) is 30.7 Å². The van der Waals surface area contributed by atoms with Crippen LogP contribution in [0.25, 0.3) is 0 Å². The van der Waals surface area contributed by atoms with Gasteiger partial charge in [-0.2, -0.15) is 0 Å². The molecule has 1 spiro atoms. The highest BCUT2D eigenvalue weighted by Crippen LogP contribution is 2.47. The second-order valence-corrected chi connectivity index (χ2v) is 6.11. The van der Waals surface area contributed by atoms with Crippen molar-refractivity contribution in [2.45, 2.75) is 38.6 Å². The van der Waals surface area contributed by atoms with Gasteiger partial charge in [0.1, 0.15) is 5.56 Å². The molecular weight excluding hydrogens is 254 g/mol. The molecule has 1 aromatic rings. The molecule has 1 saturated carbocycles. The molecule has 3 rings (SSSR count). The van der Waals surface area contributed by atoms with E-state index in [0.717, 1.165) is 24.8 Å². The number of rotatable bonds is 2. The predicted molar refractivity (Wildman–Crippen MR) is 76.6 cm³/mol. The number of hydrogen-bond acceptors (Lipinski definition) is 3. The minimum Gasteiger partial charge on any atom is -0.336 e. The average molecular weight is 275 g/mol. The third-order valence-corrected chi connectivity index (χ3v) is 4.95. The Hall–Kier alpha value is -1.62. The maximum atomic E-state index is 12.6. The molecular formula is C15H21N3O2. The number of pyridine rings is 1. The zero-order valence-electron chi connectivity index (χ0n) is 11.8. The van der Waals surface area contributed by atoms with Crippen molar-refractivity contribution in [3.05, 3.63) is 33.7 Å². The summed E-state index contributed by atoms with van der Waals surface area (Å²) in [4.78, 5) is 28.8. The van der Waals surface area contributed by atoms with Crippen LogP contribution >= 0.6 is 0 Å². The lowest BCUT2D eigenvalue weighted by atomic mass is 9.66. The number of carbonyl (C=O) groups excluding carboxylic acids is 1. The molecule has 1 aromatic heterocycles. The van der Waals surface area contributed by atoms with Gasteiger partial charge >= 0.3 is 0 Å². The Kier molecular flexibility index (Phi) is 3.17. The van der Waals surface area contributed by atoms with Crippen molar-refractivity contribution in [1.82, 2.24) is 9.88 Å². The van der Waals surface area contributed by atoms with Gasteiger partial charge in [-0.15, -0.1) is 0 Å². The topological polar surface area (TPSA) is 79.2 Å². The molecule has 5 nitrogen and oxygen atoms in total. The highest BCUT2D eigenvalue weighted by atomic mass is 16.2. The van der Waals surface area contributed by atoms with Crippen LogP contribution in [0.3, 0.4) is 0 Å². The molecule has 1 aliphatic heterocycles. The quantitative estimate of drug-likeness (QED) is 0.841. The lowest BCUT2D eigenvalue weighted by Gasteiger charge is -2.41. The maximum Gasteiger partial charge on any atom is 0.260 e. The molecule has 1 atom stereocenters. The Balaban J connectivity index is 1.85. The maximum absolute atomic E-state index is 12.6. The van der Waals surface area contributed by atoms with E-state index in [1.54, 1.807) is 17.2 Å². The molecule has 1 saturated heterocycles. The Labute approximate surface area is 118 Å². The van der Waals surface area contributed by atoms with Crippen LogP contribution in [-0.2, 0) is 6.42 Å². The van der Waals surface area contributed by atoms with Crippen molar-refractivity contribution in [3.8, 4) is 0 Å². The fraction of sp³-hybridized carbons (Fsp3) is 0.600. The molecule has 108 valence electrons. The van der Waals surface area contributed by atoms with E-state index in [0.29, 0.717) is 13.1 Å². The molecule has 20 heavy (non-hydrogen) atoms. The summed E-state index contributed by atoms with van der Waals surface area (Å²) in [6, 6.07) is 1.76. The van der Waals surface area contributed by atoms with Crippen molar-refractivity contribution in [2.24, 2.45) is 11.1 Å². The number of nitrogens with zero attached hydrogens (tertiary/aromatic N) is 1. The number of aromatic amines is 1. The van der Waals surface area contributed by atoms with Crippen LogP contribution < -0.4 is 11.3 Å². The van der Waals surface area contributed by atoms with Gasteiger partial charge in [0.05, 0.1) is 0 Å².